The summed E-state index contributed by atoms with van der Waals surface area (Å²) in [6.45, 7) is 1.61. The first kappa shape index (κ1) is 26.1. The number of aromatic nitrogens is 2. The van der Waals surface area contributed by atoms with Gasteiger partial charge < -0.3 is 10.1 Å². The maximum absolute atomic E-state index is 12.4. The molecule has 0 saturated heterocycles. The van der Waals surface area contributed by atoms with Gasteiger partial charge in [-0.3, -0.25) is 4.79 Å². The standard InChI is InChI=1S/C30H28BrN3O3/c1-22(12-13-23-8-4-2-5-9-23)32-28(35)21-37-29(36)19-16-25-20-34(27-10-6-3-7-11-27)33-30(25)24-14-17-26(31)18-15-24/h2-11,14-20,22H,12-13,21H2,1H3,(H,32,35)/b19-16+. The van der Waals surface area contributed by atoms with Crippen molar-refractivity contribution in [2.24, 2.45) is 0 Å². The van der Waals surface area contributed by atoms with Crippen LogP contribution in [0.2, 0.25) is 0 Å². The molecule has 4 aromatic rings. The molecular formula is C30H28BrN3O3. The summed E-state index contributed by atoms with van der Waals surface area (Å²) >= 11 is 3.46. The fourth-order valence-corrected chi connectivity index (χ4v) is 4.08. The Kier molecular flexibility index (Phi) is 9.05. The highest BCUT2D eigenvalue weighted by molar-refractivity contribution is 9.10. The van der Waals surface area contributed by atoms with Gasteiger partial charge in [0.2, 0.25) is 0 Å². The lowest BCUT2D eigenvalue weighted by atomic mass is 10.1. The molecule has 4 rings (SSSR count). The first-order valence-corrected chi connectivity index (χ1v) is 12.9. The quantitative estimate of drug-likeness (QED) is 0.192. The van der Waals surface area contributed by atoms with Gasteiger partial charge in [-0.15, -0.1) is 0 Å². The summed E-state index contributed by atoms with van der Waals surface area (Å²) in [4.78, 5) is 24.6. The molecule has 0 saturated carbocycles. The summed E-state index contributed by atoms with van der Waals surface area (Å²) < 4.78 is 7.91. The van der Waals surface area contributed by atoms with Gasteiger partial charge in [0, 0.05) is 33.9 Å². The first-order chi connectivity index (χ1) is 18.0. The van der Waals surface area contributed by atoms with Crippen LogP contribution >= 0.6 is 15.9 Å². The largest absolute Gasteiger partial charge is 0.452 e. The van der Waals surface area contributed by atoms with Crippen LogP contribution in [0.25, 0.3) is 23.0 Å². The van der Waals surface area contributed by atoms with Crippen molar-refractivity contribution in [3.63, 3.8) is 0 Å². The van der Waals surface area contributed by atoms with Gasteiger partial charge in [-0.2, -0.15) is 5.10 Å². The van der Waals surface area contributed by atoms with Gasteiger partial charge in [-0.05, 0) is 55.7 Å². The van der Waals surface area contributed by atoms with Crippen LogP contribution in [0.15, 0.2) is 102 Å². The molecule has 1 atom stereocenters. The molecule has 0 spiro atoms. The van der Waals surface area contributed by atoms with Crippen molar-refractivity contribution >= 4 is 33.9 Å². The number of ether oxygens (including phenoxy) is 1. The third kappa shape index (κ3) is 7.75. The number of para-hydroxylation sites is 1. The average Bonchev–Trinajstić information content (AvgIpc) is 3.35. The number of benzene rings is 3. The van der Waals surface area contributed by atoms with E-state index >= 15 is 0 Å². The first-order valence-electron chi connectivity index (χ1n) is 12.1. The molecule has 1 amide bonds. The number of carbonyl (C=O) groups is 2. The Morgan fingerprint density at radius 3 is 2.38 bits per heavy atom. The third-order valence-corrected chi connectivity index (χ3v) is 6.27. The molecule has 1 aromatic heterocycles. The highest BCUT2D eigenvalue weighted by Gasteiger charge is 2.13. The number of hydrogen-bond donors (Lipinski definition) is 1. The monoisotopic (exact) mass is 557 g/mol. The number of halogens is 1. The lowest BCUT2D eigenvalue weighted by Crippen LogP contribution is -2.36. The molecule has 0 bridgehead atoms. The molecule has 6 nitrogen and oxygen atoms in total. The van der Waals surface area contributed by atoms with Crippen LogP contribution < -0.4 is 5.32 Å². The van der Waals surface area contributed by atoms with Gasteiger partial charge in [0.05, 0.1) is 11.4 Å². The van der Waals surface area contributed by atoms with Crippen LogP contribution in [0.4, 0.5) is 0 Å². The predicted molar refractivity (Wildman–Crippen MR) is 149 cm³/mol. The van der Waals surface area contributed by atoms with Crippen LogP contribution in [-0.2, 0) is 20.7 Å². The van der Waals surface area contributed by atoms with Crippen LogP contribution in [0.1, 0.15) is 24.5 Å². The summed E-state index contributed by atoms with van der Waals surface area (Å²) in [7, 11) is 0. The van der Waals surface area contributed by atoms with Crippen LogP contribution in [0.3, 0.4) is 0 Å². The van der Waals surface area contributed by atoms with Gasteiger partial charge in [-0.1, -0.05) is 76.6 Å². The fourth-order valence-electron chi connectivity index (χ4n) is 3.81. The molecule has 37 heavy (non-hydrogen) atoms. The SMILES string of the molecule is CC(CCc1ccccc1)NC(=O)COC(=O)/C=C/c1cn(-c2ccccc2)nc1-c1ccc(Br)cc1. The van der Waals surface area contributed by atoms with Gasteiger partial charge in [0.15, 0.2) is 6.61 Å². The van der Waals surface area contributed by atoms with Gasteiger partial charge in [0.1, 0.15) is 0 Å². The Morgan fingerprint density at radius 1 is 1.00 bits per heavy atom. The van der Waals surface area contributed by atoms with Gasteiger partial charge in [0.25, 0.3) is 5.91 Å². The Bertz CT molecular complexity index is 1350. The molecule has 1 N–H and O–H groups in total. The highest BCUT2D eigenvalue weighted by atomic mass is 79.9. The van der Waals surface area contributed by atoms with Crippen LogP contribution in [0, 0.1) is 0 Å². The smallest absolute Gasteiger partial charge is 0.331 e. The molecule has 0 aliphatic heterocycles. The van der Waals surface area contributed by atoms with E-state index in [0.29, 0.717) is 0 Å². The normalized spacial score (nSPS) is 11.8. The minimum atomic E-state index is -0.596. The molecular weight excluding hydrogens is 530 g/mol. The second-order valence-electron chi connectivity index (χ2n) is 8.65. The highest BCUT2D eigenvalue weighted by Crippen LogP contribution is 2.26. The van der Waals surface area contributed by atoms with Crippen molar-refractivity contribution in [1.29, 1.82) is 0 Å². The predicted octanol–water partition coefficient (Wildman–Crippen LogP) is 6.00. The zero-order valence-corrected chi connectivity index (χ0v) is 22.1. The number of nitrogens with zero attached hydrogens (tertiary/aromatic N) is 2. The molecule has 1 unspecified atom stereocenters. The zero-order valence-electron chi connectivity index (χ0n) is 20.5. The lowest BCUT2D eigenvalue weighted by Gasteiger charge is -2.13. The summed E-state index contributed by atoms with van der Waals surface area (Å²) in [5.41, 5.74) is 4.52. The third-order valence-electron chi connectivity index (χ3n) is 5.74. The molecule has 0 aliphatic rings. The van der Waals surface area contributed by atoms with Crippen molar-refractivity contribution < 1.29 is 14.3 Å². The van der Waals surface area contributed by atoms with Crippen LogP contribution in [0.5, 0.6) is 0 Å². The number of esters is 1. The molecule has 7 heteroatoms. The Balaban J connectivity index is 1.36. The van der Waals surface area contributed by atoms with Crippen molar-refractivity contribution in [2.75, 3.05) is 6.61 Å². The maximum atomic E-state index is 12.4. The van der Waals surface area contributed by atoms with E-state index in [1.807, 2.05) is 85.9 Å². The van der Waals surface area contributed by atoms with E-state index in [2.05, 4.69) is 33.4 Å². The number of hydrogen-bond acceptors (Lipinski definition) is 4. The zero-order chi connectivity index (χ0) is 26.0. The average molecular weight is 558 g/mol. The molecule has 0 aliphatic carbocycles. The van der Waals surface area contributed by atoms with E-state index in [9.17, 15) is 9.59 Å². The van der Waals surface area contributed by atoms with Crippen molar-refractivity contribution in [1.82, 2.24) is 15.1 Å². The molecule has 1 heterocycles. The van der Waals surface area contributed by atoms with Crippen molar-refractivity contribution in [2.45, 2.75) is 25.8 Å². The Hall–Kier alpha value is -3.97. The summed E-state index contributed by atoms with van der Waals surface area (Å²) in [5, 5.41) is 7.62. The van der Waals surface area contributed by atoms with E-state index < -0.39 is 5.97 Å². The fraction of sp³-hybridized carbons (Fsp3) is 0.167. The minimum Gasteiger partial charge on any atom is -0.452 e. The van der Waals surface area contributed by atoms with Gasteiger partial charge in [-0.25, -0.2) is 9.48 Å². The Morgan fingerprint density at radius 2 is 1.68 bits per heavy atom. The van der Waals surface area contributed by atoms with E-state index in [1.54, 1.807) is 10.8 Å². The van der Waals surface area contributed by atoms with Crippen LogP contribution in [-0.4, -0.2) is 34.3 Å². The summed E-state index contributed by atoms with van der Waals surface area (Å²) in [5.74, 6) is -0.920. The number of amides is 1. The van der Waals surface area contributed by atoms with Crippen molar-refractivity contribution in [3.8, 4) is 16.9 Å². The maximum Gasteiger partial charge on any atom is 0.331 e. The second kappa shape index (κ2) is 12.8. The number of nitrogens with one attached hydrogen (secondary N) is 1. The lowest BCUT2D eigenvalue weighted by molar-refractivity contribution is -0.144. The number of rotatable bonds is 10. The van der Waals surface area contributed by atoms with E-state index in [1.165, 1.54) is 11.6 Å². The van der Waals surface area contributed by atoms with E-state index in [-0.39, 0.29) is 18.6 Å². The molecule has 0 radical (unpaired) electrons. The summed E-state index contributed by atoms with van der Waals surface area (Å²) in [6.07, 6.45) is 6.50. The van der Waals surface area contributed by atoms with Gasteiger partial charge >= 0.3 is 5.97 Å². The Labute approximate surface area is 225 Å². The molecule has 188 valence electrons. The van der Waals surface area contributed by atoms with Crippen molar-refractivity contribution in [3.05, 3.63) is 113 Å². The molecule has 3 aromatic carbocycles. The van der Waals surface area contributed by atoms with E-state index in [0.717, 1.165) is 39.8 Å². The minimum absolute atomic E-state index is 0.0285. The topological polar surface area (TPSA) is 73.2 Å². The summed E-state index contributed by atoms with van der Waals surface area (Å²) in [6, 6.07) is 27.6. The van der Waals surface area contributed by atoms with E-state index in [4.69, 9.17) is 9.84 Å². The molecule has 0 fully saturated rings. The number of carbonyl (C=O) groups excluding carboxylic acids is 2. The second-order valence-corrected chi connectivity index (χ2v) is 9.57. The number of aryl methyl sites for hydroxylation is 1.